The van der Waals surface area contributed by atoms with Gasteiger partial charge in [-0.15, -0.1) is 11.3 Å². The Balaban J connectivity index is 1.47. The molecule has 2 heterocycles. The molecule has 0 saturated heterocycles. The Labute approximate surface area is 212 Å². The molecule has 0 radical (unpaired) electrons. The molecule has 1 aromatic heterocycles. The monoisotopic (exact) mass is 484 g/mol. The summed E-state index contributed by atoms with van der Waals surface area (Å²) in [7, 11) is -0.428. The van der Waals surface area contributed by atoms with Gasteiger partial charge in [-0.05, 0) is 76.7 Å². The number of thiazole rings is 1. The predicted molar refractivity (Wildman–Crippen MR) is 150 cm³/mol. The van der Waals surface area contributed by atoms with Crippen molar-refractivity contribution in [3.8, 4) is 0 Å². The molecule has 35 heavy (non-hydrogen) atoms. The van der Waals surface area contributed by atoms with Crippen molar-refractivity contribution in [1.82, 2.24) is 4.98 Å². The lowest BCUT2D eigenvalue weighted by molar-refractivity contribution is 0.0408. The number of anilines is 2. The third-order valence-electron chi connectivity index (χ3n) is 5.84. The largest absolute Gasteiger partial charge is 0.494 e. The van der Waals surface area contributed by atoms with Crippen LogP contribution in [0.15, 0.2) is 60.7 Å². The molecule has 0 atom stereocenters. The first-order valence-corrected chi connectivity index (χ1v) is 13.1. The van der Waals surface area contributed by atoms with Gasteiger partial charge in [0.2, 0.25) is 0 Å². The molecular formula is C29H33BN2O2S. The molecule has 0 bridgehead atoms. The topological polar surface area (TPSA) is 43.4 Å². The zero-order valence-electron chi connectivity index (χ0n) is 21.4. The number of allylic oxidation sites excluding steroid dienone is 6. The van der Waals surface area contributed by atoms with Gasteiger partial charge in [0.05, 0.1) is 15.9 Å². The molecule has 0 fully saturated rings. The van der Waals surface area contributed by atoms with Gasteiger partial charge in [-0.2, -0.15) is 0 Å². The molecule has 2 aromatic carbocycles. The summed E-state index contributed by atoms with van der Waals surface area (Å²) in [5, 5.41) is 4.77. The Bertz CT molecular complexity index is 1340. The van der Waals surface area contributed by atoms with Gasteiger partial charge in [0.25, 0.3) is 0 Å². The lowest BCUT2D eigenvalue weighted by Crippen LogP contribution is -2.47. The van der Waals surface area contributed by atoms with E-state index in [2.05, 4.69) is 108 Å². The number of benzene rings is 2. The average molecular weight is 484 g/mol. The molecule has 3 aromatic rings. The Morgan fingerprint density at radius 2 is 1.71 bits per heavy atom. The van der Waals surface area contributed by atoms with E-state index in [0.29, 0.717) is 0 Å². The third-order valence-corrected chi connectivity index (χ3v) is 6.97. The van der Waals surface area contributed by atoms with E-state index in [1.54, 1.807) is 11.3 Å². The second-order valence-corrected chi connectivity index (χ2v) is 12.2. The molecule has 0 unspecified atom stereocenters. The number of rotatable bonds is 4. The number of aromatic nitrogens is 1. The van der Waals surface area contributed by atoms with Gasteiger partial charge in [0.15, 0.2) is 0 Å². The van der Waals surface area contributed by atoms with Crippen LogP contribution in [0.2, 0.25) is 0 Å². The van der Waals surface area contributed by atoms with Crippen LogP contribution < -0.4 is 10.8 Å². The fraction of sp³-hybridized carbons (Fsp3) is 0.345. The molecule has 5 rings (SSSR count). The van der Waals surface area contributed by atoms with E-state index in [0.717, 1.165) is 34.5 Å². The zero-order chi connectivity index (χ0) is 24.8. The minimum absolute atomic E-state index is 0.316. The second kappa shape index (κ2) is 9.09. The summed E-state index contributed by atoms with van der Waals surface area (Å²) in [6.07, 6.45) is 12.6. The maximum atomic E-state index is 6.32. The maximum Gasteiger partial charge on any atom is 0.494 e. The molecule has 2 aliphatic rings. The number of hydrogen-bond acceptors (Lipinski definition) is 5. The van der Waals surface area contributed by atoms with Gasteiger partial charge in [-0.25, -0.2) is 4.98 Å². The summed E-state index contributed by atoms with van der Waals surface area (Å²) in [5.74, 6) is 0. The van der Waals surface area contributed by atoms with E-state index in [1.165, 1.54) is 27.1 Å². The van der Waals surface area contributed by atoms with E-state index in [4.69, 9.17) is 14.3 Å². The molecule has 0 saturated carbocycles. The van der Waals surface area contributed by atoms with Crippen LogP contribution in [0.3, 0.4) is 0 Å². The molecule has 0 amide bonds. The molecule has 4 nitrogen and oxygen atoms in total. The second-order valence-electron chi connectivity index (χ2n) is 11.2. The number of nitrogens with one attached hydrogen (secondary N) is 1. The van der Waals surface area contributed by atoms with Gasteiger partial charge >= 0.3 is 7.12 Å². The normalized spacial score (nSPS) is 15.3. The smallest absolute Gasteiger partial charge is 0.403 e. The first-order chi connectivity index (χ1) is 16.6. The van der Waals surface area contributed by atoms with Gasteiger partial charge in [0, 0.05) is 28.9 Å². The Morgan fingerprint density at radius 3 is 2.46 bits per heavy atom. The third kappa shape index (κ3) is 5.45. The van der Waals surface area contributed by atoms with Crippen molar-refractivity contribution in [3.63, 3.8) is 0 Å². The summed E-state index contributed by atoms with van der Waals surface area (Å²) in [6, 6.07) is 10.8. The van der Waals surface area contributed by atoms with Crippen molar-refractivity contribution in [2.75, 3.05) is 5.32 Å². The molecular weight excluding hydrogens is 451 g/mol. The highest BCUT2D eigenvalue weighted by Gasteiger charge is 2.32. The quantitative estimate of drug-likeness (QED) is 0.312. The van der Waals surface area contributed by atoms with Crippen molar-refractivity contribution in [2.45, 2.75) is 65.6 Å². The number of nitrogens with zero attached hydrogens (tertiary/aromatic N) is 1. The average Bonchev–Trinajstić information content (AvgIpc) is 3.02. The Hall–Kier alpha value is -2.67. The van der Waals surface area contributed by atoms with Gasteiger partial charge in [-0.1, -0.05) is 48.6 Å². The van der Waals surface area contributed by atoms with Crippen molar-refractivity contribution in [3.05, 3.63) is 76.8 Å². The van der Waals surface area contributed by atoms with Crippen LogP contribution >= 0.6 is 11.3 Å². The lowest BCUT2D eigenvalue weighted by Gasteiger charge is -2.31. The lowest BCUT2D eigenvalue weighted by atomic mass is 9.75. The fourth-order valence-electron chi connectivity index (χ4n) is 4.33. The summed E-state index contributed by atoms with van der Waals surface area (Å²) in [5.41, 5.74) is 7.45. The maximum absolute atomic E-state index is 6.32. The van der Waals surface area contributed by atoms with Gasteiger partial charge in [0.1, 0.15) is 5.01 Å². The molecule has 1 aliphatic carbocycles. The van der Waals surface area contributed by atoms with Crippen LogP contribution in [-0.4, -0.2) is 23.3 Å². The highest BCUT2D eigenvalue weighted by molar-refractivity contribution is 7.20. The van der Waals surface area contributed by atoms with Crippen molar-refractivity contribution < 1.29 is 9.31 Å². The molecule has 6 heteroatoms. The molecule has 180 valence electrons. The molecule has 1 N–H and O–H groups in total. The standard InChI is InChI=1S/C29H33BN2O2S/c1-28(2,3)33-30(34-29(4,5)6)22-14-16-23-21(18-22)17-20-13-15-24-26(25(20)31-23)35-27(32-24)19-11-9-7-8-10-12-19/h7,9-16,18,31H,8,17H2,1-6H3. The Morgan fingerprint density at radius 1 is 0.943 bits per heavy atom. The van der Waals surface area contributed by atoms with Crippen LogP contribution in [0.25, 0.3) is 15.8 Å². The SMILES string of the molecule is CC(C)(C)OB(OC(C)(C)C)c1ccc2c(c1)Cc1ccc3nc(C4=CC=CCC=C4)sc3c1N2. The van der Waals surface area contributed by atoms with E-state index in [9.17, 15) is 0 Å². The van der Waals surface area contributed by atoms with Crippen LogP contribution in [0.4, 0.5) is 11.4 Å². The molecule has 0 spiro atoms. The zero-order valence-corrected chi connectivity index (χ0v) is 22.3. The summed E-state index contributed by atoms with van der Waals surface area (Å²) in [6.45, 7) is 12.4. The summed E-state index contributed by atoms with van der Waals surface area (Å²) < 4.78 is 13.9. The van der Waals surface area contributed by atoms with Crippen LogP contribution in [0.5, 0.6) is 0 Å². The predicted octanol–water partition coefficient (Wildman–Crippen LogP) is 7.17. The van der Waals surface area contributed by atoms with Gasteiger partial charge < -0.3 is 14.6 Å². The van der Waals surface area contributed by atoms with Crippen LogP contribution in [0, 0.1) is 0 Å². The Kier molecular flexibility index (Phi) is 6.24. The van der Waals surface area contributed by atoms with Crippen LogP contribution in [0.1, 0.15) is 64.1 Å². The molecule has 1 aliphatic heterocycles. The highest BCUT2D eigenvalue weighted by Crippen LogP contribution is 2.41. The minimum Gasteiger partial charge on any atom is -0.403 e. The van der Waals surface area contributed by atoms with Crippen molar-refractivity contribution >= 4 is 51.1 Å². The van der Waals surface area contributed by atoms with E-state index in [1.807, 2.05) is 0 Å². The van der Waals surface area contributed by atoms with Gasteiger partial charge in [-0.3, -0.25) is 0 Å². The number of fused-ring (bicyclic) bond motifs is 4. The first kappa shape index (κ1) is 24.0. The van der Waals surface area contributed by atoms with E-state index < -0.39 is 7.12 Å². The highest BCUT2D eigenvalue weighted by atomic mass is 32.1. The fourth-order valence-corrected chi connectivity index (χ4v) is 5.43. The van der Waals surface area contributed by atoms with Crippen molar-refractivity contribution in [1.29, 1.82) is 0 Å². The minimum atomic E-state index is -0.428. The van der Waals surface area contributed by atoms with E-state index in [-0.39, 0.29) is 11.2 Å². The summed E-state index contributed by atoms with van der Waals surface area (Å²) >= 11 is 1.76. The summed E-state index contributed by atoms with van der Waals surface area (Å²) in [4.78, 5) is 4.94. The van der Waals surface area contributed by atoms with E-state index >= 15 is 0 Å². The number of hydrogen-bond donors (Lipinski definition) is 1. The van der Waals surface area contributed by atoms with Crippen molar-refractivity contribution in [2.24, 2.45) is 0 Å². The first-order valence-electron chi connectivity index (χ1n) is 12.3. The van der Waals surface area contributed by atoms with Crippen LogP contribution in [-0.2, 0) is 15.7 Å².